The Labute approximate surface area is 59.6 Å². The van der Waals surface area contributed by atoms with Gasteiger partial charge in [-0.1, -0.05) is 6.92 Å². The molecule has 54 valence electrons. The van der Waals surface area contributed by atoms with Crippen LogP contribution in [-0.2, 0) is 4.79 Å². The monoisotopic (exact) mass is 148 g/mol. The van der Waals surface area contributed by atoms with Gasteiger partial charge in [-0.3, -0.25) is 4.79 Å². The molecule has 3 heteroatoms. The average molecular weight is 148 g/mol. The van der Waals surface area contributed by atoms with Gasteiger partial charge in [0, 0.05) is 5.25 Å². The second-order valence-electron chi connectivity index (χ2n) is 1.93. The maximum absolute atomic E-state index is 8.36. The minimum atomic E-state index is -0.250. The van der Waals surface area contributed by atoms with Crippen LogP contribution in [0.4, 0.5) is 0 Å². The van der Waals surface area contributed by atoms with Crippen molar-refractivity contribution in [2.45, 2.75) is 25.0 Å². The number of carboxylic acid groups (broad SMARTS) is 1. The van der Waals surface area contributed by atoms with E-state index in [0.29, 0.717) is 0 Å². The summed E-state index contributed by atoms with van der Waals surface area (Å²) in [7, 11) is 0. The van der Waals surface area contributed by atoms with Crippen molar-refractivity contribution >= 4 is 18.2 Å². The third kappa shape index (κ3) is 5.69. The van der Waals surface area contributed by atoms with Gasteiger partial charge in [0.25, 0.3) is 6.47 Å². The summed E-state index contributed by atoms with van der Waals surface area (Å²) in [6.45, 7) is 2.05. The molecule has 1 aliphatic rings. The van der Waals surface area contributed by atoms with Gasteiger partial charge in [0.2, 0.25) is 0 Å². The van der Waals surface area contributed by atoms with Crippen molar-refractivity contribution in [1.82, 2.24) is 0 Å². The number of hydrogen-bond acceptors (Lipinski definition) is 2. The van der Waals surface area contributed by atoms with Gasteiger partial charge in [0.15, 0.2) is 0 Å². The molecule has 0 amide bonds. The van der Waals surface area contributed by atoms with E-state index in [0.717, 1.165) is 5.25 Å². The van der Waals surface area contributed by atoms with Crippen molar-refractivity contribution in [3.8, 4) is 0 Å². The molecule has 0 radical (unpaired) electrons. The first kappa shape index (κ1) is 8.82. The van der Waals surface area contributed by atoms with Crippen molar-refractivity contribution < 1.29 is 9.90 Å². The summed E-state index contributed by atoms with van der Waals surface area (Å²) in [5.74, 6) is 1.40. The highest BCUT2D eigenvalue weighted by atomic mass is 32.2. The maximum Gasteiger partial charge on any atom is 0.290 e. The molecule has 1 rings (SSSR count). The third-order valence-electron chi connectivity index (χ3n) is 1.16. The molecule has 2 nitrogen and oxygen atoms in total. The van der Waals surface area contributed by atoms with Gasteiger partial charge < -0.3 is 5.11 Å². The zero-order valence-electron chi connectivity index (χ0n) is 5.54. The van der Waals surface area contributed by atoms with Crippen LogP contribution < -0.4 is 0 Å². The minimum Gasteiger partial charge on any atom is -0.483 e. The summed E-state index contributed by atoms with van der Waals surface area (Å²) in [4.78, 5) is 8.36. The quantitative estimate of drug-likeness (QED) is 0.530. The SMILES string of the molecule is CC1CCCS1.O=CO. The maximum atomic E-state index is 8.36. The van der Waals surface area contributed by atoms with Gasteiger partial charge in [-0.2, -0.15) is 11.8 Å². The standard InChI is InChI=1S/C5H10S.CH2O2/c1-5-3-2-4-6-5;2-1-3/h5H,2-4H2,1H3;1H,(H,2,3). The molecule has 0 aromatic rings. The highest BCUT2D eigenvalue weighted by Gasteiger charge is 2.07. The zero-order chi connectivity index (χ0) is 7.11. The molecule has 0 aromatic heterocycles. The lowest BCUT2D eigenvalue weighted by Gasteiger charge is -1.91. The molecule has 1 N–H and O–H groups in total. The Morgan fingerprint density at radius 3 is 2.44 bits per heavy atom. The van der Waals surface area contributed by atoms with Crippen LogP contribution in [0.1, 0.15) is 19.8 Å². The minimum absolute atomic E-state index is 0.250. The normalized spacial score (nSPS) is 24.3. The van der Waals surface area contributed by atoms with E-state index in [4.69, 9.17) is 9.90 Å². The van der Waals surface area contributed by atoms with Gasteiger partial charge >= 0.3 is 0 Å². The highest BCUT2D eigenvalue weighted by Crippen LogP contribution is 2.24. The van der Waals surface area contributed by atoms with Gasteiger partial charge in [0.1, 0.15) is 0 Å². The van der Waals surface area contributed by atoms with Crippen molar-refractivity contribution in [3.63, 3.8) is 0 Å². The summed E-state index contributed by atoms with van der Waals surface area (Å²) >= 11 is 2.10. The van der Waals surface area contributed by atoms with Crippen LogP contribution in [0.3, 0.4) is 0 Å². The molecule has 0 aliphatic carbocycles. The molecule has 0 aromatic carbocycles. The lowest BCUT2D eigenvalue weighted by molar-refractivity contribution is -0.122. The van der Waals surface area contributed by atoms with Crippen LogP contribution in [0.5, 0.6) is 0 Å². The largest absolute Gasteiger partial charge is 0.483 e. The summed E-state index contributed by atoms with van der Waals surface area (Å²) in [6, 6.07) is 0. The van der Waals surface area contributed by atoms with Crippen molar-refractivity contribution in [2.75, 3.05) is 5.75 Å². The Morgan fingerprint density at radius 2 is 2.33 bits per heavy atom. The molecule has 1 unspecified atom stereocenters. The van der Waals surface area contributed by atoms with E-state index < -0.39 is 0 Å². The molecule has 0 saturated carbocycles. The van der Waals surface area contributed by atoms with Gasteiger partial charge in [-0.15, -0.1) is 0 Å². The van der Waals surface area contributed by atoms with E-state index in [2.05, 4.69) is 18.7 Å². The van der Waals surface area contributed by atoms with Crippen LogP contribution in [0, 0.1) is 0 Å². The number of hydrogen-bond donors (Lipinski definition) is 1. The van der Waals surface area contributed by atoms with Crippen LogP contribution in [0.15, 0.2) is 0 Å². The van der Waals surface area contributed by atoms with Gasteiger partial charge in [0.05, 0.1) is 0 Å². The molecular weight excluding hydrogens is 136 g/mol. The first-order valence-corrected chi connectivity index (χ1v) is 4.05. The third-order valence-corrected chi connectivity index (χ3v) is 2.49. The summed E-state index contributed by atoms with van der Waals surface area (Å²) in [5.41, 5.74) is 0. The van der Waals surface area contributed by atoms with E-state index in [1.54, 1.807) is 0 Å². The molecule has 0 spiro atoms. The number of thioether (sulfide) groups is 1. The first-order chi connectivity index (χ1) is 4.31. The van der Waals surface area contributed by atoms with Crippen molar-refractivity contribution in [3.05, 3.63) is 0 Å². The van der Waals surface area contributed by atoms with Crippen molar-refractivity contribution in [1.29, 1.82) is 0 Å². The Bertz CT molecular complexity index is 69.5. The predicted octanol–water partition coefficient (Wildman–Crippen LogP) is 1.60. The van der Waals surface area contributed by atoms with Crippen LogP contribution in [-0.4, -0.2) is 22.6 Å². The average Bonchev–Trinajstić information content (AvgIpc) is 2.20. The van der Waals surface area contributed by atoms with E-state index >= 15 is 0 Å². The number of rotatable bonds is 0. The molecule has 1 fully saturated rings. The summed E-state index contributed by atoms with van der Waals surface area (Å²) < 4.78 is 0. The topological polar surface area (TPSA) is 37.3 Å². The van der Waals surface area contributed by atoms with Crippen LogP contribution >= 0.6 is 11.8 Å². The fourth-order valence-electron chi connectivity index (χ4n) is 0.739. The molecule has 1 atom stereocenters. The molecule has 1 heterocycles. The molecule has 0 bridgehead atoms. The smallest absolute Gasteiger partial charge is 0.290 e. The fourth-order valence-corrected chi connectivity index (χ4v) is 1.81. The van der Waals surface area contributed by atoms with Gasteiger partial charge in [-0.05, 0) is 18.6 Å². The van der Waals surface area contributed by atoms with E-state index in [1.807, 2.05) is 0 Å². The molecule has 9 heavy (non-hydrogen) atoms. The highest BCUT2D eigenvalue weighted by molar-refractivity contribution is 8.00. The lowest BCUT2D eigenvalue weighted by atomic mass is 10.3. The second kappa shape index (κ2) is 5.95. The fraction of sp³-hybridized carbons (Fsp3) is 0.833. The predicted molar refractivity (Wildman–Crippen MR) is 39.8 cm³/mol. The zero-order valence-corrected chi connectivity index (χ0v) is 6.36. The van der Waals surface area contributed by atoms with Gasteiger partial charge in [-0.25, -0.2) is 0 Å². The summed E-state index contributed by atoms with van der Waals surface area (Å²) in [5, 5.41) is 7.85. The van der Waals surface area contributed by atoms with E-state index in [9.17, 15) is 0 Å². The van der Waals surface area contributed by atoms with E-state index in [-0.39, 0.29) is 6.47 Å². The lowest BCUT2D eigenvalue weighted by Crippen LogP contribution is -1.82. The number of carbonyl (C=O) groups is 1. The summed E-state index contributed by atoms with van der Waals surface area (Å²) in [6.07, 6.45) is 2.90. The van der Waals surface area contributed by atoms with Crippen LogP contribution in [0.25, 0.3) is 0 Å². The second-order valence-corrected chi connectivity index (χ2v) is 3.48. The Kier molecular flexibility index (Phi) is 5.83. The molecular formula is C6H12O2S. The molecule has 1 aliphatic heterocycles. The van der Waals surface area contributed by atoms with E-state index in [1.165, 1.54) is 18.6 Å². The van der Waals surface area contributed by atoms with Crippen molar-refractivity contribution in [2.24, 2.45) is 0 Å². The van der Waals surface area contributed by atoms with Crippen LogP contribution in [0.2, 0.25) is 0 Å². The first-order valence-electron chi connectivity index (χ1n) is 3.00. The Morgan fingerprint density at radius 1 is 1.78 bits per heavy atom. The molecule has 1 saturated heterocycles. The Balaban J connectivity index is 0.000000187. The Hall–Kier alpha value is -0.180.